The van der Waals surface area contributed by atoms with E-state index in [1.165, 1.54) is 7.11 Å². The number of hydrogen-bond acceptors (Lipinski definition) is 4. The van der Waals surface area contributed by atoms with Gasteiger partial charge in [-0.2, -0.15) is 5.10 Å². The minimum atomic E-state index is -0.905. The molecule has 0 saturated heterocycles. The molecule has 6 heteroatoms. The van der Waals surface area contributed by atoms with E-state index in [-0.39, 0.29) is 6.61 Å². The van der Waals surface area contributed by atoms with Crippen LogP contribution in [-0.2, 0) is 16.1 Å². The van der Waals surface area contributed by atoms with Crippen molar-refractivity contribution >= 4 is 5.97 Å². The van der Waals surface area contributed by atoms with Gasteiger partial charge in [0.05, 0.1) is 13.2 Å². The summed E-state index contributed by atoms with van der Waals surface area (Å²) in [5.41, 5.74) is 0. The van der Waals surface area contributed by atoms with E-state index in [2.05, 4.69) is 10.4 Å². The smallest absolute Gasteiger partial charge is 0.323 e. The molecule has 1 unspecified atom stereocenters. The number of ether oxygens (including phenoxy) is 1. The fourth-order valence-electron chi connectivity index (χ4n) is 1.17. The highest BCUT2D eigenvalue weighted by molar-refractivity contribution is 5.73. The van der Waals surface area contributed by atoms with Crippen LogP contribution in [0.25, 0.3) is 0 Å². The van der Waals surface area contributed by atoms with Crippen molar-refractivity contribution in [1.29, 1.82) is 0 Å². The van der Waals surface area contributed by atoms with Crippen molar-refractivity contribution in [3.63, 3.8) is 0 Å². The number of rotatable bonds is 7. The van der Waals surface area contributed by atoms with Crippen LogP contribution in [0.5, 0.6) is 0 Å². The molecule has 0 aliphatic carbocycles. The molecular weight excluding hydrogens is 198 g/mol. The Balaban J connectivity index is 2.25. The van der Waals surface area contributed by atoms with E-state index in [0.717, 1.165) is 0 Å². The van der Waals surface area contributed by atoms with E-state index in [9.17, 15) is 4.79 Å². The van der Waals surface area contributed by atoms with Gasteiger partial charge in [0.1, 0.15) is 6.04 Å². The maximum Gasteiger partial charge on any atom is 0.323 e. The van der Waals surface area contributed by atoms with Crippen molar-refractivity contribution in [2.24, 2.45) is 0 Å². The fraction of sp³-hybridized carbons (Fsp3) is 0.556. The Hall–Kier alpha value is -1.40. The molecule has 0 aromatic carbocycles. The molecule has 0 aliphatic heterocycles. The first-order valence-electron chi connectivity index (χ1n) is 4.66. The zero-order valence-electron chi connectivity index (χ0n) is 8.59. The third kappa shape index (κ3) is 4.09. The number of hydrogen-bond donors (Lipinski definition) is 2. The van der Waals surface area contributed by atoms with Gasteiger partial charge in [-0.05, 0) is 6.07 Å². The van der Waals surface area contributed by atoms with Gasteiger partial charge < -0.3 is 15.2 Å². The van der Waals surface area contributed by atoms with Gasteiger partial charge in [-0.1, -0.05) is 0 Å². The van der Waals surface area contributed by atoms with E-state index in [4.69, 9.17) is 9.84 Å². The Morgan fingerprint density at radius 2 is 2.53 bits per heavy atom. The van der Waals surface area contributed by atoms with E-state index >= 15 is 0 Å². The molecule has 2 N–H and O–H groups in total. The first kappa shape index (κ1) is 11.7. The average Bonchev–Trinajstić information content (AvgIpc) is 2.69. The van der Waals surface area contributed by atoms with Crippen molar-refractivity contribution < 1.29 is 14.6 Å². The number of carboxylic acid groups (broad SMARTS) is 1. The largest absolute Gasteiger partial charge is 0.480 e. The monoisotopic (exact) mass is 213 g/mol. The molecule has 0 fully saturated rings. The van der Waals surface area contributed by atoms with Gasteiger partial charge in [-0.3, -0.25) is 9.48 Å². The van der Waals surface area contributed by atoms with Gasteiger partial charge in [-0.25, -0.2) is 0 Å². The summed E-state index contributed by atoms with van der Waals surface area (Å²) in [5, 5.41) is 15.7. The molecule has 0 radical (unpaired) electrons. The van der Waals surface area contributed by atoms with Crippen LogP contribution in [0, 0.1) is 0 Å². The summed E-state index contributed by atoms with van der Waals surface area (Å²) < 4.78 is 6.52. The molecule has 1 atom stereocenters. The van der Waals surface area contributed by atoms with Crippen LogP contribution < -0.4 is 5.32 Å². The highest BCUT2D eigenvalue weighted by Crippen LogP contribution is 1.87. The molecule has 0 spiro atoms. The highest BCUT2D eigenvalue weighted by atomic mass is 16.5. The van der Waals surface area contributed by atoms with Crippen molar-refractivity contribution in [1.82, 2.24) is 15.1 Å². The molecule has 1 aromatic rings. The summed E-state index contributed by atoms with van der Waals surface area (Å²) in [6.45, 7) is 1.34. The van der Waals surface area contributed by atoms with E-state index in [0.29, 0.717) is 13.1 Å². The van der Waals surface area contributed by atoms with Crippen LogP contribution in [0.15, 0.2) is 18.5 Å². The zero-order chi connectivity index (χ0) is 11.1. The molecule has 0 saturated carbocycles. The van der Waals surface area contributed by atoms with Gasteiger partial charge in [-0.15, -0.1) is 0 Å². The second kappa shape index (κ2) is 6.15. The summed E-state index contributed by atoms with van der Waals surface area (Å²) in [4.78, 5) is 10.7. The van der Waals surface area contributed by atoms with Crippen LogP contribution in [0.2, 0.25) is 0 Å². The normalized spacial score (nSPS) is 12.6. The van der Waals surface area contributed by atoms with Crippen LogP contribution >= 0.6 is 0 Å². The Morgan fingerprint density at radius 1 is 1.73 bits per heavy atom. The molecule has 1 aromatic heterocycles. The summed E-state index contributed by atoms with van der Waals surface area (Å²) in [7, 11) is 1.48. The molecule has 1 heterocycles. The SMILES string of the molecule is COCC(NCCn1cccn1)C(=O)O. The van der Waals surface area contributed by atoms with Gasteiger partial charge in [0, 0.05) is 26.0 Å². The fourth-order valence-corrected chi connectivity index (χ4v) is 1.17. The lowest BCUT2D eigenvalue weighted by Crippen LogP contribution is -2.41. The second-order valence-corrected chi connectivity index (χ2v) is 3.07. The van der Waals surface area contributed by atoms with E-state index in [1.807, 2.05) is 12.3 Å². The molecule has 15 heavy (non-hydrogen) atoms. The molecule has 0 bridgehead atoms. The Labute approximate surface area is 87.8 Å². The predicted molar refractivity (Wildman–Crippen MR) is 53.5 cm³/mol. The van der Waals surface area contributed by atoms with Crippen LogP contribution in [0.3, 0.4) is 0 Å². The molecule has 84 valence electrons. The van der Waals surface area contributed by atoms with Gasteiger partial charge in [0.25, 0.3) is 0 Å². The van der Waals surface area contributed by atoms with Gasteiger partial charge >= 0.3 is 5.97 Å². The van der Waals surface area contributed by atoms with Crippen molar-refractivity contribution in [2.75, 3.05) is 20.3 Å². The Kier molecular flexibility index (Phi) is 4.79. The lowest BCUT2D eigenvalue weighted by molar-refractivity contribution is -0.140. The molecule has 1 rings (SSSR count). The minimum absolute atomic E-state index is 0.161. The summed E-state index contributed by atoms with van der Waals surface area (Å²) in [6.07, 6.45) is 3.51. The maximum atomic E-state index is 10.7. The Morgan fingerprint density at radius 3 is 3.07 bits per heavy atom. The summed E-state index contributed by atoms with van der Waals surface area (Å²) in [6, 6.07) is 1.16. The number of aliphatic carboxylic acids is 1. The third-order valence-electron chi connectivity index (χ3n) is 1.92. The number of aromatic nitrogens is 2. The van der Waals surface area contributed by atoms with Crippen LogP contribution in [0.1, 0.15) is 0 Å². The number of nitrogens with zero attached hydrogens (tertiary/aromatic N) is 2. The first-order valence-corrected chi connectivity index (χ1v) is 4.66. The molecule has 0 aliphatic rings. The lowest BCUT2D eigenvalue weighted by Gasteiger charge is -2.13. The minimum Gasteiger partial charge on any atom is -0.480 e. The van der Waals surface area contributed by atoms with E-state index in [1.54, 1.807) is 10.9 Å². The molecule has 0 amide bonds. The van der Waals surface area contributed by atoms with E-state index < -0.39 is 12.0 Å². The van der Waals surface area contributed by atoms with Crippen molar-refractivity contribution in [2.45, 2.75) is 12.6 Å². The lowest BCUT2D eigenvalue weighted by atomic mass is 10.3. The third-order valence-corrected chi connectivity index (χ3v) is 1.92. The average molecular weight is 213 g/mol. The van der Waals surface area contributed by atoms with Crippen molar-refractivity contribution in [3.8, 4) is 0 Å². The zero-order valence-corrected chi connectivity index (χ0v) is 8.59. The van der Waals surface area contributed by atoms with Crippen molar-refractivity contribution in [3.05, 3.63) is 18.5 Å². The predicted octanol–water partition coefficient (Wildman–Crippen LogP) is -0.428. The number of carbonyl (C=O) groups is 1. The van der Waals surface area contributed by atoms with Crippen LogP contribution in [-0.4, -0.2) is 47.2 Å². The highest BCUT2D eigenvalue weighted by Gasteiger charge is 2.15. The topological polar surface area (TPSA) is 76.4 Å². The quantitative estimate of drug-likeness (QED) is 0.643. The number of nitrogens with one attached hydrogen (secondary N) is 1. The maximum absolute atomic E-state index is 10.7. The molecule has 6 nitrogen and oxygen atoms in total. The Bertz CT molecular complexity index is 287. The van der Waals surface area contributed by atoms with Crippen LogP contribution in [0.4, 0.5) is 0 Å². The first-order chi connectivity index (χ1) is 7.24. The number of carboxylic acids is 1. The van der Waals surface area contributed by atoms with Gasteiger partial charge in [0.2, 0.25) is 0 Å². The number of methoxy groups -OCH3 is 1. The standard InChI is InChI=1S/C9H15N3O3/c1-15-7-8(9(13)14)10-4-6-12-5-2-3-11-12/h2-3,5,8,10H,4,6-7H2,1H3,(H,13,14). The summed E-state index contributed by atoms with van der Waals surface area (Å²) in [5.74, 6) is -0.905. The second-order valence-electron chi connectivity index (χ2n) is 3.07. The summed E-state index contributed by atoms with van der Waals surface area (Å²) >= 11 is 0. The molecular formula is C9H15N3O3. The van der Waals surface area contributed by atoms with Gasteiger partial charge in [0.15, 0.2) is 0 Å².